The third kappa shape index (κ3) is 1.02. The molecule has 1 rings (SSSR count). The van der Waals surface area contributed by atoms with Crippen LogP contribution in [0.3, 0.4) is 0 Å². The third-order valence-electron chi connectivity index (χ3n) is 1.90. The molecule has 2 heteroatoms. The van der Waals surface area contributed by atoms with E-state index >= 15 is 0 Å². The van der Waals surface area contributed by atoms with Crippen LogP contribution >= 0.6 is 0 Å². The van der Waals surface area contributed by atoms with E-state index in [4.69, 9.17) is 0 Å². The van der Waals surface area contributed by atoms with Crippen molar-refractivity contribution in [2.75, 3.05) is 7.05 Å². The Labute approximate surface area is 56.5 Å². The number of allylic oxidation sites excluding steroid dienone is 1. The van der Waals surface area contributed by atoms with Crippen LogP contribution in [0, 0.1) is 0 Å². The summed E-state index contributed by atoms with van der Waals surface area (Å²) in [4.78, 5) is 2.25. The third-order valence-corrected chi connectivity index (χ3v) is 1.90. The largest absolute Gasteiger partial charge is 0.370 e. The molecule has 0 saturated heterocycles. The topological polar surface area (TPSA) is 15.3 Å². The van der Waals surface area contributed by atoms with Crippen molar-refractivity contribution in [3.63, 3.8) is 0 Å². The Morgan fingerprint density at radius 2 is 2.44 bits per heavy atom. The molecule has 0 spiro atoms. The molecule has 0 fully saturated rings. The van der Waals surface area contributed by atoms with E-state index in [-0.39, 0.29) is 0 Å². The minimum Gasteiger partial charge on any atom is -0.370 e. The van der Waals surface area contributed by atoms with Gasteiger partial charge in [0, 0.05) is 18.9 Å². The molecule has 2 nitrogen and oxygen atoms in total. The molecule has 52 valence electrons. The van der Waals surface area contributed by atoms with Crippen LogP contribution in [-0.2, 0) is 0 Å². The van der Waals surface area contributed by atoms with E-state index in [0.717, 1.165) is 6.42 Å². The molecule has 0 aliphatic carbocycles. The fourth-order valence-corrected chi connectivity index (χ4v) is 1.07. The van der Waals surface area contributed by atoms with Crippen molar-refractivity contribution < 1.29 is 0 Å². The number of hydrogen-bond acceptors (Lipinski definition) is 2. The van der Waals surface area contributed by atoms with Crippen LogP contribution in [-0.4, -0.2) is 18.1 Å². The van der Waals surface area contributed by atoms with E-state index in [0.29, 0.717) is 6.17 Å². The summed E-state index contributed by atoms with van der Waals surface area (Å²) >= 11 is 0. The Morgan fingerprint density at radius 3 is 2.67 bits per heavy atom. The molecule has 1 N–H and O–H groups in total. The highest BCUT2D eigenvalue weighted by atomic mass is 15.3. The van der Waals surface area contributed by atoms with Crippen LogP contribution in [0.2, 0.25) is 0 Å². The van der Waals surface area contributed by atoms with Crippen LogP contribution in [0.5, 0.6) is 0 Å². The quantitative estimate of drug-likeness (QED) is 0.566. The Kier molecular flexibility index (Phi) is 1.65. The zero-order valence-corrected chi connectivity index (χ0v) is 6.31. The van der Waals surface area contributed by atoms with Gasteiger partial charge in [-0.3, -0.25) is 0 Å². The first-order chi connectivity index (χ1) is 4.25. The predicted molar refractivity (Wildman–Crippen MR) is 38.7 cm³/mol. The molecular weight excluding hydrogens is 112 g/mol. The van der Waals surface area contributed by atoms with Crippen molar-refractivity contribution in [1.82, 2.24) is 10.2 Å². The summed E-state index contributed by atoms with van der Waals surface area (Å²) in [6.45, 7) is 4.29. The number of rotatable bonds is 1. The molecule has 9 heavy (non-hydrogen) atoms. The van der Waals surface area contributed by atoms with Crippen molar-refractivity contribution >= 4 is 0 Å². The first kappa shape index (κ1) is 6.46. The van der Waals surface area contributed by atoms with Gasteiger partial charge >= 0.3 is 0 Å². The first-order valence-corrected chi connectivity index (χ1v) is 3.41. The van der Waals surface area contributed by atoms with E-state index in [9.17, 15) is 0 Å². The first-order valence-electron chi connectivity index (χ1n) is 3.41. The van der Waals surface area contributed by atoms with Crippen molar-refractivity contribution in [2.45, 2.75) is 26.4 Å². The zero-order valence-electron chi connectivity index (χ0n) is 6.31. The Morgan fingerprint density at radius 1 is 1.78 bits per heavy atom. The smallest absolute Gasteiger partial charge is 0.0977 e. The second-order valence-electron chi connectivity index (χ2n) is 2.49. The van der Waals surface area contributed by atoms with E-state index in [1.54, 1.807) is 0 Å². The molecule has 1 heterocycles. The summed E-state index contributed by atoms with van der Waals surface area (Å²) in [6, 6.07) is 0. The number of nitrogens with one attached hydrogen (secondary N) is 1. The standard InChI is InChI=1S/C7H14N2/c1-4-7-8-5-6(2)9(7)3/h5,7-8H,4H2,1-3H3. The van der Waals surface area contributed by atoms with E-state index in [1.807, 2.05) is 0 Å². The lowest BCUT2D eigenvalue weighted by molar-refractivity contribution is 0.303. The maximum absolute atomic E-state index is 3.27. The molecule has 1 atom stereocenters. The summed E-state index contributed by atoms with van der Waals surface area (Å²) in [6.07, 6.45) is 3.75. The highest BCUT2D eigenvalue weighted by Gasteiger charge is 2.15. The normalized spacial score (nSPS) is 25.9. The lowest BCUT2D eigenvalue weighted by atomic mass is 10.3. The maximum atomic E-state index is 3.27. The van der Waals surface area contributed by atoms with Crippen LogP contribution in [0.25, 0.3) is 0 Å². The van der Waals surface area contributed by atoms with Crippen molar-refractivity contribution in [3.05, 3.63) is 11.9 Å². The fraction of sp³-hybridized carbons (Fsp3) is 0.714. The minimum absolute atomic E-state index is 0.532. The molecular formula is C7H14N2. The second-order valence-corrected chi connectivity index (χ2v) is 2.49. The lowest BCUT2D eigenvalue weighted by Gasteiger charge is -2.21. The number of hydrogen-bond donors (Lipinski definition) is 1. The van der Waals surface area contributed by atoms with Crippen molar-refractivity contribution in [2.24, 2.45) is 0 Å². The van der Waals surface area contributed by atoms with Crippen LogP contribution in [0.15, 0.2) is 11.9 Å². The van der Waals surface area contributed by atoms with E-state index in [1.165, 1.54) is 5.70 Å². The second kappa shape index (κ2) is 2.29. The Hall–Kier alpha value is -0.660. The fourth-order valence-electron chi connectivity index (χ4n) is 1.07. The van der Waals surface area contributed by atoms with E-state index < -0.39 is 0 Å². The van der Waals surface area contributed by atoms with Gasteiger partial charge in [-0.05, 0) is 13.3 Å². The lowest BCUT2D eigenvalue weighted by Crippen LogP contribution is -2.32. The molecule has 0 saturated carbocycles. The van der Waals surface area contributed by atoms with Gasteiger partial charge in [0.05, 0.1) is 6.17 Å². The van der Waals surface area contributed by atoms with Gasteiger partial charge in [0.1, 0.15) is 0 Å². The van der Waals surface area contributed by atoms with Crippen molar-refractivity contribution in [3.8, 4) is 0 Å². The molecule has 0 bridgehead atoms. The Bertz CT molecular complexity index is 129. The summed E-state index contributed by atoms with van der Waals surface area (Å²) in [5.41, 5.74) is 1.32. The monoisotopic (exact) mass is 126 g/mol. The molecule has 1 aliphatic rings. The SMILES string of the molecule is CCC1NC=C(C)N1C. The molecule has 0 aromatic carbocycles. The van der Waals surface area contributed by atoms with Gasteiger partial charge in [0.2, 0.25) is 0 Å². The number of nitrogens with zero attached hydrogens (tertiary/aromatic N) is 1. The average Bonchev–Trinajstić information content (AvgIpc) is 2.15. The summed E-state index contributed by atoms with van der Waals surface area (Å²) in [5.74, 6) is 0. The zero-order chi connectivity index (χ0) is 6.85. The van der Waals surface area contributed by atoms with Gasteiger partial charge in [0.15, 0.2) is 0 Å². The van der Waals surface area contributed by atoms with Gasteiger partial charge < -0.3 is 10.2 Å². The van der Waals surface area contributed by atoms with Crippen LogP contribution in [0.1, 0.15) is 20.3 Å². The molecule has 1 unspecified atom stereocenters. The van der Waals surface area contributed by atoms with Gasteiger partial charge in [-0.1, -0.05) is 6.92 Å². The summed E-state index contributed by atoms with van der Waals surface area (Å²) in [5, 5.41) is 3.27. The van der Waals surface area contributed by atoms with Crippen molar-refractivity contribution in [1.29, 1.82) is 0 Å². The molecule has 0 aromatic heterocycles. The Balaban J connectivity index is 2.51. The van der Waals surface area contributed by atoms with Gasteiger partial charge in [-0.2, -0.15) is 0 Å². The highest BCUT2D eigenvalue weighted by Crippen LogP contribution is 2.11. The average molecular weight is 126 g/mol. The minimum atomic E-state index is 0.532. The van der Waals surface area contributed by atoms with Crippen LogP contribution < -0.4 is 5.32 Å². The summed E-state index contributed by atoms with van der Waals surface area (Å²) in [7, 11) is 2.11. The van der Waals surface area contributed by atoms with Crippen LogP contribution in [0.4, 0.5) is 0 Å². The highest BCUT2D eigenvalue weighted by molar-refractivity contribution is 5.03. The molecule has 0 amide bonds. The maximum Gasteiger partial charge on any atom is 0.0977 e. The van der Waals surface area contributed by atoms with E-state index in [2.05, 4.69) is 37.3 Å². The van der Waals surface area contributed by atoms with Gasteiger partial charge in [0.25, 0.3) is 0 Å². The molecule has 1 aliphatic heterocycles. The predicted octanol–water partition coefficient (Wildman–Crippen LogP) is 1.12. The van der Waals surface area contributed by atoms with Gasteiger partial charge in [-0.25, -0.2) is 0 Å². The molecule has 0 aromatic rings. The summed E-state index contributed by atoms with van der Waals surface area (Å²) < 4.78 is 0. The molecule has 0 radical (unpaired) electrons. The van der Waals surface area contributed by atoms with Gasteiger partial charge in [-0.15, -0.1) is 0 Å².